The number of rotatable bonds is 7. The number of esters is 1. The maximum Gasteiger partial charge on any atom is 0.312 e. The van der Waals surface area contributed by atoms with Crippen LogP contribution in [0.1, 0.15) is 64.2 Å². The number of carbonyl (C=O) groups is 3. The molecule has 1 unspecified atom stereocenters. The van der Waals surface area contributed by atoms with Crippen molar-refractivity contribution in [2.75, 3.05) is 26.3 Å². The first-order valence-electron chi connectivity index (χ1n) is 13.5. The molecule has 4 aliphatic heterocycles. The lowest BCUT2D eigenvalue weighted by Crippen LogP contribution is -2.57. The van der Waals surface area contributed by atoms with Crippen LogP contribution in [0.15, 0.2) is 24.3 Å². The van der Waals surface area contributed by atoms with E-state index in [9.17, 15) is 14.4 Å². The Hall–Kier alpha value is -2.19. The highest BCUT2D eigenvalue weighted by Crippen LogP contribution is 2.53. The van der Waals surface area contributed by atoms with Gasteiger partial charge in [-0.25, -0.2) is 0 Å². The number of likely N-dealkylation sites (tertiary alicyclic amines) is 1. The van der Waals surface area contributed by atoms with Crippen molar-refractivity contribution in [3.8, 4) is 0 Å². The molecule has 5 rings (SSSR count). The summed E-state index contributed by atoms with van der Waals surface area (Å²) in [5.41, 5.74) is -1.16. The topological polar surface area (TPSA) is 96.4 Å². The van der Waals surface area contributed by atoms with Crippen LogP contribution in [0.4, 0.5) is 0 Å². The van der Waals surface area contributed by atoms with Gasteiger partial charge in [0.25, 0.3) is 0 Å². The Bertz CT molecular complexity index is 881. The Kier molecular flexibility index (Phi) is 7.30. The van der Waals surface area contributed by atoms with E-state index in [2.05, 4.69) is 0 Å². The summed E-state index contributed by atoms with van der Waals surface area (Å²) in [7, 11) is 0. The molecule has 1 aliphatic carbocycles. The summed E-state index contributed by atoms with van der Waals surface area (Å²) in [5, 5.41) is 9.09. The molecule has 8 heteroatoms. The summed E-state index contributed by atoms with van der Waals surface area (Å²) < 4.78 is 12.1. The molecule has 0 aromatic carbocycles. The predicted molar refractivity (Wildman–Crippen MR) is 128 cm³/mol. The third kappa shape index (κ3) is 4.33. The second-order valence-electron chi connectivity index (χ2n) is 10.6. The number of fused-ring (bicyclic) bond motifs is 2. The highest BCUT2D eigenvalue weighted by molar-refractivity contribution is 5.99. The Labute approximate surface area is 207 Å². The van der Waals surface area contributed by atoms with Gasteiger partial charge in [-0.05, 0) is 32.1 Å². The first kappa shape index (κ1) is 24.5. The smallest absolute Gasteiger partial charge is 0.312 e. The number of amides is 2. The first-order chi connectivity index (χ1) is 17.1. The molecule has 3 fully saturated rings. The Morgan fingerprint density at radius 2 is 1.80 bits per heavy atom. The molecule has 2 saturated heterocycles. The van der Waals surface area contributed by atoms with Crippen LogP contribution >= 0.6 is 0 Å². The molecule has 0 bridgehead atoms. The number of nitrogens with zero attached hydrogens (tertiary/aromatic N) is 2. The summed E-state index contributed by atoms with van der Waals surface area (Å²) in [6, 6.07) is -0.593. The number of hydrogen-bond donors (Lipinski definition) is 1. The monoisotopic (exact) mass is 486 g/mol. The summed E-state index contributed by atoms with van der Waals surface area (Å²) in [5.74, 6) is -2.16. The number of ether oxygens (including phenoxy) is 2. The van der Waals surface area contributed by atoms with Gasteiger partial charge in [0.2, 0.25) is 11.8 Å². The molecule has 1 saturated carbocycles. The van der Waals surface area contributed by atoms with Gasteiger partial charge in [-0.15, -0.1) is 0 Å². The van der Waals surface area contributed by atoms with Crippen LogP contribution in [0.5, 0.6) is 0 Å². The standard InChI is InChI=1S/C27H38N2O6/c30-17-8-2-1-7-15-29-23-25(32)28(19-11-4-3-5-12-19)16-10-14-27(23)22(24(29)31)21-20(35-27)13-6-9-18-34-26(21)33/h6,10,13-14,19-23,30H,1-5,7-9,11-12,15-18H2/t20-,21+,22+,23?,27+/m1/s1. The molecule has 2 amide bonds. The molecule has 0 aromatic rings. The van der Waals surface area contributed by atoms with Crippen LogP contribution < -0.4 is 0 Å². The van der Waals surface area contributed by atoms with Crippen molar-refractivity contribution >= 4 is 17.8 Å². The van der Waals surface area contributed by atoms with E-state index in [-0.39, 0.29) is 31.1 Å². The lowest BCUT2D eigenvalue weighted by atomic mass is 9.77. The largest absolute Gasteiger partial charge is 0.465 e. The van der Waals surface area contributed by atoms with Crippen LogP contribution in [0.25, 0.3) is 0 Å². The van der Waals surface area contributed by atoms with Crippen molar-refractivity contribution in [2.45, 2.75) is 88.0 Å². The van der Waals surface area contributed by atoms with Gasteiger partial charge in [0, 0.05) is 25.7 Å². The van der Waals surface area contributed by atoms with Gasteiger partial charge in [-0.3, -0.25) is 14.4 Å². The van der Waals surface area contributed by atoms with E-state index < -0.39 is 35.6 Å². The van der Waals surface area contributed by atoms with E-state index in [1.165, 1.54) is 6.42 Å². The summed E-state index contributed by atoms with van der Waals surface area (Å²) >= 11 is 0. The quantitative estimate of drug-likeness (QED) is 0.337. The lowest BCUT2D eigenvalue weighted by Gasteiger charge is -2.39. The van der Waals surface area contributed by atoms with E-state index in [1.54, 1.807) is 4.90 Å². The average molecular weight is 487 g/mol. The fraction of sp³-hybridized carbons (Fsp3) is 0.741. The van der Waals surface area contributed by atoms with Crippen molar-refractivity contribution in [2.24, 2.45) is 11.8 Å². The van der Waals surface area contributed by atoms with Crippen LogP contribution in [-0.2, 0) is 23.9 Å². The van der Waals surface area contributed by atoms with E-state index >= 15 is 0 Å². The molecule has 1 spiro atoms. The average Bonchev–Trinajstić information content (AvgIpc) is 3.23. The van der Waals surface area contributed by atoms with Gasteiger partial charge < -0.3 is 24.4 Å². The van der Waals surface area contributed by atoms with Crippen LogP contribution in [0, 0.1) is 11.8 Å². The SMILES string of the molecule is O=C1OCCC=C[C@H]2O[C@]34C=CCN(C5CCCCC5)C(=O)C3N(CCCCCCO)C(=O)[C@@H]4[C@@H]12. The molecular formula is C27H38N2O6. The van der Waals surface area contributed by atoms with Crippen LogP contribution in [0.3, 0.4) is 0 Å². The van der Waals surface area contributed by atoms with E-state index in [1.807, 2.05) is 29.2 Å². The molecule has 5 atom stereocenters. The molecule has 35 heavy (non-hydrogen) atoms. The number of cyclic esters (lactones) is 1. The zero-order valence-corrected chi connectivity index (χ0v) is 20.5. The first-order valence-corrected chi connectivity index (χ1v) is 13.5. The van der Waals surface area contributed by atoms with E-state index in [0.717, 1.165) is 51.4 Å². The van der Waals surface area contributed by atoms with Gasteiger partial charge in [0.1, 0.15) is 17.6 Å². The Balaban J connectivity index is 1.49. The van der Waals surface area contributed by atoms with Crippen LogP contribution in [0.2, 0.25) is 0 Å². The van der Waals surface area contributed by atoms with Crippen molar-refractivity contribution < 1.29 is 29.0 Å². The van der Waals surface area contributed by atoms with Gasteiger partial charge in [0.05, 0.1) is 18.6 Å². The highest BCUT2D eigenvalue weighted by Gasteiger charge is 2.71. The Morgan fingerprint density at radius 1 is 1.00 bits per heavy atom. The zero-order valence-electron chi connectivity index (χ0n) is 20.5. The summed E-state index contributed by atoms with van der Waals surface area (Å²) in [4.78, 5) is 44.9. The van der Waals surface area contributed by atoms with Gasteiger partial charge in [0.15, 0.2) is 0 Å². The molecule has 192 valence electrons. The highest BCUT2D eigenvalue weighted by atomic mass is 16.6. The molecule has 0 aromatic heterocycles. The van der Waals surface area contributed by atoms with Crippen molar-refractivity contribution in [1.82, 2.24) is 9.80 Å². The Morgan fingerprint density at radius 3 is 2.60 bits per heavy atom. The number of unbranched alkanes of at least 4 members (excludes halogenated alkanes) is 3. The lowest BCUT2D eigenvalue weighted by molar-refractivity contribution is -0.155. The fourth-order valence-corrected chi connectivity index (χ4v) is 6.83. The maximum atomic E-state index is 14.2. The second kappa shape index (κ2) is 10.4. The number of hydrogen-bond acceptors (Lipinski definition) is 6. The van der Waals surface area contributed by atoms with Gasteiger partial charge in [-0.1, -0.05) is 56.4 Å². The molecule has 4 heterocycles. The minimum atomic E-state index is -1.16. The minimum absolute atomic E-state index is 0.0558. The normalized spacial score (nSPS) is 35.3. The molecule has 5 aliphatic rings. The number of aliphatic hydroxyl groups is 1. The number of aliphatic hydroxyl groups excluding tert-OH is 1. The molecule has 0 radical (unpaired) electrons. The van der Waals surface area contributed by atoms with Gasteiger partial charge in [-0.2, -0.15) is 0 Å². The third-order valence-corrected chi connectivity index (χ3v) is 8.47. The maximum absolute atomic E-state index is 14.2. The third-order valence-electron chi connectivity index (χ3n) is 8.47. The molecule has 1 N–H and O–H groups in total. The molecule has 8 nitrogen and oxygen atoms in total. The van der Waals surface area contributed by atoms with Crippen molar-refractivity contribution in [3.63, 3.8) is 0 Å². The zero-order chi connectivity index (χ0) is 24.4. The summed E-state index contributed by atoms with van der Waals surface area (Å²) in [6.45, 7) is 1.39. The van der Waals surface area contributed by atoms with E-state index in [4.69, 9.17) is 14.6 Å². The predicted octanol–water partition coefficient (Wildman–Crippen LogP) is 2.35. The summed E-state index contributed by atoms with van der Waals surface area (Å²) in [6.07, 6.45) is 16.3. The van der Waals surface area contributed by atoms with E-state index in [0.29, 0.717) is 19.5 Å². The van der Waals surface area contributed by atoms with Crippen molar-refractivity contribution in [3.05, 3.63) is 24.3 Å². The van der Waals surface area contributed by atoms with Crippen LogP contribution in [-0.4, -0.2) is 82.8 Å². The van der Waals surface area contributed by atoms with Crippen molar-refractivity contribution in [1.29, 1.82) is 0 Å². The van der Waals surface area contributed by atoms with Gasteiger partial charge >= 0.3 is 5.97 Å². The fourth-order valence-electron chi connectivity index (χ4n) is 6.83. The second-order valence-corrected chi connectivity index (χ2v) is 10.6. The minimum Gasteiger partial charge on any atom is -0.465 e. The molecular weight excluding hydrogens is 448 g/mol. The number of carbonyl (C=O) groups excluding carboxylic acids is 3.